The van der Waals surface area contributed by atoms with E-state index in [0.717, 1.165) is 26.9 Å². The Morgan fingerprint density at radius 3 is 2.65 bits per heavy atom. The van der Waals surface area contributed by atoms with Crippen LogP contribution in [-0.4, -0.2) is 15.8 Å². The largest absolute Gasteiger partial charge is 0.375 e. The van der Waals surface area contributed by atoms with Gasteiger partial charge in [0.25, 0.3) is 0 Å². The normalized spacial score (nSPS) is 11.4. The van der Waals surface area contributed by atoms with Gasteiger partial charge in [0.15, 0.2) is 5.11 Å². The Bertz CT molecular complexity index is 662. The lowest BCUT2D eigenvalue weighted by atomic mass is 10.2. The van der Waals surface area contributed by atoms with E-state index in [4.69, 9.17) is 29.6 Å². The highest BCUT2D eigenvalue weighted by atomic mass is 35.5. The SMILES string of the molecule is CC(=NNC(N)=S)c1sc(-c2ccc(Cl)cc2)nc1C. The molecule has 1 heterocycles. The highest BCUT2D eigenvalue weighted by molar-refractivity contribution is 7.80. The molecule has 2 aromatic rings. The molecule has 0 saturated carbocycles. The highest BCUT2D eigenvalue weighted by Gasteiger charge is 2.11. The Hall–Kier alpha value is -1.50. The average molecular weight is 325 g/mol. The fourth-order valence-corrected chi connectivity index (χ4v) is 2.83. The summed E-state index contributed by atoms with van der Waals surface area (Å²) in [5.74, 6) is 0. The van der Waals surface area contributed by atoms with Crippen molar-refractivity contribution in [2.24, 2.45) is 10.8 Å². The summed E-state index contributed by atoms with van der Waals surface area (Å²) in [7, 11) is 0. The zero-order chi connectivity index (χ0) is 14.7. The standard InChI is InChI=1S/C13H13ClN4S2/c1-7-11(8(2)17-18-13(15)19)20-12(16-7)9-3-5-10(14)6-4-9/h3-6H,1-2H3,(H3,15,18,19). The Morgan fingerprint density at radius 1 is 1.40 bits per heavy atom. The van der Waals surface area contributed by atoms with E-state index in [1.807, 2.05) is 38.1 Å². The summed E-state index contributed by atoms with van der Waals surface area (Å²) in [6, 6.07) is 7.60. The van der Waals surface area contributed by atoms with Crippen LogP contribution in [0, 0.1) is 6.92 Å². The van der Waals surface area contributed by atoms with Gasteiger partial charge >= 0.3 is 0 Å². The van der Waals surface area contributed by atoms with Crippen molar-refractivity contribution in [1.82, 2.24) is 10.4 Å². The van der Waals surface area contributed by atoms with Crippen LogP contribution in [0.5, 0.6) is 0 Å². The van der Waals surface area contributed by atoms with Gasteiger partial charge in [-0.2, -0.15) is 5.10 Å². The van der Waals surface area contributed by atoms with Crippen LogP contribution in [0.15, 0.2) is 29.4 Å². The van der Waals surface area contributed by atoms with Crippen LogP contribution in [0.4, 0.5) is 0 Å². The molecule has 7 heteroatoms. The minimum Gasteiger partial charge on any atom is -0.375 e. The molecule has 0 aliphatic rings. The van der Waals surface area contributed by atoms with Crippen molar-refractivity contribution in [1.29, 1.82) is 0 Å². The number of hydrogen-bond donors (Lipinski definition) is 2. The second-order valence-electron chi connectivity index (χ2n) is 4.11. The maximum Gasteiger partial charge on any atom is 0.184 e. The third kappa shape index (κ3) is 3.53. The molecule has 104 valence electrons. The van der Waals surface area contributed by atoms with Crippen molar-refractivity contribution in [2.45, 2.75) is 13.8 Å². The van der Waals surface area contributed by atoms with Gasteiger partial charge in [-0.25, -0.2) is 4.98 Å². The van der Waals surface area contributed by atoms with E-state index in [-0.39, 0.29) is 5.11 Å². The van der Waals surface area contributed by atoms with Crippen molar-refractivity contribution < 1.29 is 0 Å². The van der Waals surface area contributed by atoms with Crippen molar-refractivity contribution >= 4 is 46.0 Å². The van der Waals surface area contributed by atoms with Crippen LogP contribution < -0.4 is 11.2 Å². The molecule has 0 radical (unpaired) electrons. The smallest absolute Gasteiger partial charge is 0.184 e. The molecule has 2 rings (SSSR count). The van der Waals surface area contributed by atoms with Crippen LogP contribution in [0.2, 0.25) is 5.02 Å². The molecular formula is C13H13ClN4S2. The first-order valence-corrected chi connectivity index (χ1v) is 7.41. The maximum absolute atomic E-state index is 5.89. The number of thiazole rings is 1. The van der Waals surface area contributed by atoms with Gasteiger partial charge in [-0.3, -0.25) is 5.43 Å². The summed E-state index contributed by atoms with van der Waals surface area (Å²) < 4.78 is 0. The number of nitrogens with zero attached hydrogens (tertiary/aromatic N) is 2. The predicted octanol–water partition coefficient (Wildman–Crippen LogP) is 3.33. The summed E-state index contributed by atoms with van der Waals surface area (Å²) >= 11 is 12.2. The molecule has 0 spiro atoms. The molecule has 4 nitrogen and oxygen atoms in total. The van der Waals surface area contributed by atoms with Gasteiger partial charge in [-0.15, -0.1) is 11.3 Å². The summed E-state index contributed by atoms with van der Waals surface area (Å²) in [5.41, 5.74) is 10.7. The van der Waals surface area contributed by atoms with Crippen molar-refractivity contribution in [3.63, 3.8) is 0 Å². The molecular weight excluding hydrogens is 312 g/mol. The lowest BCUT2D eigenvalue weighted by Gasteiger charge is -1.99. The maximum atomic E-state index is 5.89. The molecule has 0 bridgehead atoms. The first-order chi connectivity index (χ1) is 9.47. The third-order valence-corrected chi connectivity index (χ3v) is 4.21. The first kappa shape index (κ1) is 14.9. The van der Waals surface area contributed by atoms with E-state index < -0.39 is 0 Å². The van der Waals surface area contributed by atoms with E-state index in [1.54, 1.807) is 11.3 Å². The summed E-state index contributed by atoms with van der Waals surface area (Å²) in [6.07, 6.45) is 0. The number of benzene rings is 1. The van der Waals surface area contributed by atoms with E-state index >= 15 is 0 Å². The lowest BCUT2D eigenvalue weighted by Crippen LogP contribution is -2.25. The topological polar surface area (TPSA) is 63.3 Å². The van der Waals surface area contributed by atoms with Crippen LogP contribution in [0.25, 0.3) is 10.6 Å². The van der Waals surface area contributed by atoms with E-state index in [1.165, 1.54) is 0 Å². The van der Waals surface area contributed by atoms with Gasteiger partial charge in [-0.05, 0) is 38.2 Å². The molecule has 0 fully saturated rings. The van der Waals surface area contributed by atoms with E-state index in [2.05, 4.69) is 15.5 Å². The molecule has 0 amide bonds. The molecule has 0 unspecified atom stereocenters. The lowest BCUT2D eigenvalue weighted by molar-refractivity contribution is 1.03. The highest BCUT2D eigenvalue weighted by Crippen LogP contribution is 2.29. The molecule has 1 aromatic heterocycles. The molecule has 0 aliphatic carbocycles. The van der Waals surface area contributed by atoms with Crippen LogP contribution in [0.1, 0.15) is 17.5 Å². The molecule has 1 aromatic carbocycles. The van der Waals surface area contributed by atoms with Crippen LogP contribution in [-0.2, 0) is 0 Å². The first-order valence-electron chi connectivity index (χ1n) is 5.81. The van der Waals surface area contributed by atoms with E-state index in [0.29, 0.717) is 5.02 Å². The summed E-state index contributed by atoms with van der Waals surface area (Å²) in [5, 5.41) is 5.91. The molecule has 20 heavy (non-hydrogen) atoms. The Kier molecular flexibility index (Phi) is 4.69. The van der Waals surface area contributed by atoms with Crippen LogP contribution >= 0.6 is 35.2 Å². The Balaban J connectivity index is 2.32. The second-order valence-corrected chi connectivity index (χ2v) is 5.99. The Labute approximate surface area is 131 Å². The van der Waals surface area contributed by atoms with Crippen LogP contribution in [0.3, 0.4) is 0 Å². The van der Waals surface area contributed by atoms with E-state index in [9.17, 15) is 0 Å². The Morgan fingerprint density at radius 2 is 2.05 bits per heavy atom. The van der Waals surface area contributed by atoms with Crippen molar-refractivity contribution in [3.05, 3.63) is 39.9 Å². The fraction of sp³-hybridized carbons (Fsp3) is 0.154. The average Bonchev–Trinajstić information content (AvgIpc) is 2.79. The minimum atomic E-state index is 0.143. The fourth-order valence-electron chi connectivity index (χ4n) is 1.64. The van der Waals surface area contributed by atoms with Gasteiger partial charge in [0, 0.05) is 10.6 Å². The van der Waals surface area contributed by atoms with Gasteiger partial charge in [-0.1, -0.05) is 23.7 Å². The number of aromatic nitrogens is 1. The van der Waals surface area contributed by atoms with Crippen molar-refractivity contribution in [2.75, 3.05) is 0 Å². The number of rotatable bonds is 3. The molecule has 0 atom stereocenters. The number of halogens is 1. The number of nitrogens with one attached hydrogen (secondary N) is 1. The number of nitrogens with two attached hydrogens (primary N) is 1. The number of hydrogen-bond acceptors (Lipinski definition) is 4. The monoisotopic (exact) mass is 324 g/mol. The minimum absolute atomic E-state index is 0.143. The quantitative estimate of drug-likeness (QED) is 0.516. The summed E-state index contributed by atoms with van der Waals surface area (Å²) in [6.45, 7) is 3.84. The number of aryl methyl sites for hydroxylation is 1. The van der Waals surface area contributed by atoms with Gasteiger partial charge in [0.05, 0.1) is 16.3 Å². The zero-order valence-electron chi connectivity index (χ0n) is 11.0. The predicted molar refractivity (Wildman–Crippen MR) is 89.4 cm³/mol. The number of thiocarbonyl (C=S) groups is 1. The van der Waals surface area contributed by atoms with Crippen molar-refractivity contribution in [3.8, 4) is 10.6 Å². The second kappa shape index (κ2) is 6.30. The third-order valence-electron chi connectivity index (χ3n) is 2.55. The number of hydrazone groups is 1. The molecule has 0 aliphatic heterocycles. The van der Waals surface area contributed by atoms with Gasteiger partial charge in [0.1, 0.15) is 5.01 Å². The zero-order valence-corrected chi connectivity index (χ0v) is 13.4. The van der Waals surface area contributed by atoms with Gasteiger partial charge < -0.3 is 5.73 Å². The molecule has 3 N–H and O–H groups in total. The summed E-state index contributed by atoms with van der Waals surface area (Å²) in [4.78, 5) is 5.56. The van der Waals surface area contributed by atoms with Gasteiger partial charge in [0.2, 0.25) is 0 Å². The molecule has 0 saturated heterocycles.